The third kappa shape index (κ3) is 3.87. The third-order valence-corrected chi connectivity index (χ3v) is 7.22. The van der Waals surface area contributed by atoms with Gasteiger partial charge in [-0.15, -0.1) is 0 Å². The van der Waals surface area contributed by atoms with Gasteiger partial charge in [-0.05, 0) is 65.0 Å². The van der Waals surface area contributed by atoms with Crippen molar-refractivity contribution in [1.29, 1.82) is 0 Å². The zero-order chi connectivity index (χ0) is 19.7. The smallest absolute Gasteiger partial charge is 0.259 e. The quantitative estimate of drug-likeness (QED) is 0.582. The van der Waals surface area contributed by atoms with Gasteiger partial charge in [0, 0.05) is 35.5 Å². The molecule has 0 aliphatic carbocycles. The molecule has 0 atom stereocenters. The average molecular weight is 463 g/mol. The minimum atomic E-state index is -3.47. The van der Waals surface area contributed by atoms with Gasteiger partial charge in [-0.25, -0.2) is 8.42 Å². The second kappa shape index (κ2) is 7.73. The SMILES string of the molecule is CC1CCN(S(=O)(=O)c2ccc(-c3noc(-c4cncc(Br)c4)n3)cc2)CC1. The van der Waals surface area contributed by atoms with E-state index in [1.165, 1.54) is 0 Å². The van der Waals surface area contributed by atoms with Crippen molar-refractivity contribution in [2.24, 2.45) is 5.92 Å². The van der Waals surface area contributed by atoms with Gasteiger partial charge in [0.25, 0.3) is 5.89 Å². The van der Waals surface area contributed by atoms with Crippen molar-refractivity contribution >= 4 is 26.0 Å². The Labute approximate surface area is 172 Å². The van der Waals surface area contributed by atoms with Crippen LogP contribution in [-0.2, 0) is 10.0 Å². The van der Waals surface area contributed by atoms with E-state index in [-0.39, 0.29) is 4.90 Å². The van der Waals surface area contributed by atoms with Crippen LogP contribution < -0.4 is 0 Å². The van der Waals surface area contributed by atoms with Crippen molar-refractivity contribution in [1.82, 2.24) is 19.4 Å². The number of hydrogen-bond acceptors (Lipinski definition) is 6. The summed E-state index contributed by atoms with van der Waals surface area (Å²) in [5, 5.41) is 3.99. The topological polar surface area (TPSA) is 89.2 Å². The fourth-order valence-electron chi connectivity index (χ4n) is 3.14. The number of halogens is 1. The minimum Gasteiger partial charge on any atom is -0.334 e. The van der Waals surface area contributed by atoms with Gasteiger partial charge in [0.15, 0.2) is 0 Å². The first kappa shape index (κ1) is 19.2. The Kier molecular flexibility index (Phi) is 5.31. The number of piperidine rings is 1. The second-order valence-corrected chi connectivity index (χ2v) is 9.78. The van der Waals surface area contributed by atoms with E-state index in [0.29, 0.717) is 41.8 Å². The highest BCUT2D eigenvalue weighted by molar-refractivity contribution is 9.10. The van der Waals surface area contributed by atoms with Crippen molar-refractivity contribution in [2.45, 2.75) is 24.7 Å². The molecule has 0 N–H and O–H groups in total. The van der Waals surface area contributed by atoms with Crippen LogP contribution in [0.1, 0.15) is 19.8 Å². The molecule has 0 bridgehead atoms. The molecule has 1 aliphatic heterocycles. The van der Waals surface area contributed by atoms with Gasteiger partial charge in [-0.2, -0.15) is 9.29 Å². The van der Waals surface area contributed by atoms with E-state index in [9.17, 15) is 8.42 Å². The van der Waals surface area contributed by atoms with Crippen LogP contribution in [0.4, 0.5) is 0 Å². The molecule has 0 spiro atoms. The molecule has 0 radical (unpaired) electrons. The maximum Gasteiger partial charge on any atom is 0.259 e. The highest BCUT2D eigenvalue weighted by Crippen LogP contribution is 2.27. The van der Waals surface area contributed by atoms with E-state index in [1.54, 1.807) is 41.0 Å². The van der Waals surface area contributed by atoms with Gasteiger partial charge < -0.3 is 4.52 Å². The summed E-state index contributed by atoms with van der Waals surface area (Å²) in [4.78, 5) is 8.75. The van der Waals surface area contributed by atoms with E-state index >= 15 is 0 Å². The normalized spacial score (nSPS) is 16.4. The number of aromatic nitrogens is 3. The highest BCUT2D eigenvalue weighted by Gasteiger charge is 2.28. The van der Waals surface area contributed by atoms with Crippen LogP contribution in [0.15, 0.2) is 56.6 Å². The van der Waals surface area contributed by atoms with Gasteiger partial charge in [0.05, 0.1) is 10.5 Å². The molecule has 3 heterocycles. The number of hydrogen-bond donors (Lipinski definition) is 0. The summed E-state index contributed by atoms with van der Waals surface area (Å²) in [5.74, 6) is 1.32. The molecule has 7 nitrogen and oxygen atoms in total. The lowest BCUT2D eigenvalue weighted by Crippen LogP contribution is -2.37. The van der Waals surface area contributed by atoms with Crippen molar-refractivity contribution in [3.63, 3.8) is 0 Å². The van der Waals surface area contributed by atoms with Crippen LogP contribution in [0, 0.1) is 5.92 Å². The maximum atomic E-state index is 12.8. The largest absolute Gasteiger partial charge is 0.334 e. The summed E-state index contributed by atoms with van der Waals surface area (Å²) >= 11 is 3.36. The van der Waals surface area contributed by atoms with Crippen molar-refractivity contribution in [2.75, 3.05) is 13.1 Å². The van der Waals surface area contributed by atoms with Gasteiger partial charge in [0.2, 0.25) is 15.8 Å². The predicted octanol–water partition coefficient (Wildman–Crippen LogP) is 3.98. The van der Waals surface area contributed by atoms with E-state index in [4.69, 9.17) is 4.52 Å². The molecule has 1 fully saturated rings. The van der Waals surface area contributed by atoms with Gasteiger partial charge in [-0.1, -0.05) is 12.1 Å². The standard InChI is InChI=1S/C19H19BrN4O3S/c1-13-6-8-24(9-7-13)28(25,26)17-4-2-14(3-5-17)18-22-19(27-23-18)15-10-16(20)12-21-11-15/h2-5,10-13H,6-9H2,1H3. The summed E-state index contributed by atoms with van der Waals surface area (Å²) < 4.78 is 33.3. The first-order valence-electron chi connectivity index (χ1n) is 8.99. The molecule has 3 aromatic rings. The number of pyridine rings is 1. The Balaban J connectivity index is 1.55. The van der Waals surface area contributed by atoms with Crippen molar-refractivity contribution < 1.29 is 12.9 Å². The molecule has 2 aromatic heterocycles. The van der Waals surface area contributed by atoms with Crippen LogP contribution in [-0.4, -0.2) is 40.9 Å². The molecule has 0 saturated carbocycles. The molecule has 9 heteroatoms. The van der Waals surface area contributed by atoms with Crippen LogP contribution in [0.5, 0.6) is 0 Å². The van der Waals surface area contributed by atoms with Crippen molar-refractivity contribution in [3.05, 3.63) is 47.2 Å². The molecule has 0 unspecified atom stereocenters. The third-order valence-electron chi connectivity index (χ3n) is 4.87. The van der Waals surface area contributed by atoms with E-state index in [2.05, 4.69) is 38.0 Å². The average Bonchev–Trinajstić information content (AvgIpc) is 3.19. The number of sulfonamides is 1. The number of rotatable bonds is 4. The summed E-state index contributed by atoms with van der Waals surface area (Å²) in [5.41, 5.74) is 1.39. The molecule has 1 saturated heterocycles. The maximum absolute atomic E-state index is 12.8. The molecule has 0 amide bonds. The fourth-order valence-corrected chi connectivity index (χ4v) is 4.97. The summed E-state index contributed by atoms with van der Waals surface area (Å²) in [6.45, 7) is 3.29. The Morgan fingerprint density at radius 1 is 1.11 bits per heavy atom. The highest BCUT2D eigenvalue weighted by atomic mass is 79.9. The zero-order valence-corrected chi connectivity index (χ0v) is 17.6. The Hall–Kier alpha value is -2.10. The predicted molar refractivity (Wildman–Crippen MR) is 108 cm³/mol. The molecule has 4 rings (SSSR count). The zero-order valence-electron chi connectivity index (χ0n) is 15.2. The molecule has 28 heavy (non-hydrogen) atoms. The van der Waals surface area contributed by atoms with E-state index < -0.39 is 10.0 Å². The van der Waals surface area contributed by atoms with Crippen LogP contribution in [0.3, 0.4) is 0 Å². The molecule has 1 aromatic carbocycles. The minimum absolute atomic E-state index is 0.283. The van der Waals surface area contributed by atoms with Gasteiger partial charge >= 0.3 is 0 Å². The number of nitrogens with zero attached hydrogens (tertiary/aromatic N) is 4. The molecule has 146 valence electrons. The van der Waals surface area contributed by atoms with Crippen LogP contribution in [0.25, 0.3) is 22.8 Å². The summed E-state index contributed by atoms with van der Waals surface area (Å²) in [7, 11) is -3.47. The monoisotopic (exact) mass is 462 g/mol. The lowest BCUT2D eigenvalue weighted by atomic mass is 10.0. The fraction of sp³-hybridized carbons (Fsp3) is 0.316. The molecular weight excluding hydrogens is 444 g/mol. The number of benzene rings is 1. The lowest BCUT2D eigenvalue weighted by Gasteiger charge is -2.29. The second-order valence-electron chi connectivity index (χ2n) is 6.93. The van der Waals surface area contributed by atoms with Gasteiger partial charge in [-0.3, -0.25) is 4.98 Å². The van der Waals surface area contributed by atoms with Gasteiger partial charge in [0.1, 0.15) is 0 Å². The molecule has 1 aliphatic rings. The first-order valence-corrected chi connectivity index (χ1v) is 11.2. The Morgan fingerprint density at radius 3 is 2.50 bits per heavy atom. The molecular formula is C19H19BrN4O3S. The van der Waals surface area contributed by atoms with E-state index in [1.807, 2.05) is 6.07 Å². The summed E-state index contributed by atoms with van der Waals surface area (Å²) in [6.07, 6.45) is 5.10. The van der Waals surface area contributed by atoms with Crippen LogP contribution >= 0.6 is 15.9 Å². The van der Waals surface area contributed by atoms with Crippen molar-refractivity contribution in [3.8, 4) is 22.8 Å². The van der Waals surface area contributed by atoms with Crippen LogP contribution in [0.2, 0.25) is 0 Å². The first-order chi connectivity index (χ1) is 13.4. The Morgan fingerprint density at radius 2 is 1.82 bits per heavy atom. The summed E-state index contributed by atoms with van der Waals surface area (Å²) in [6, 6.07) is 8.43. The van der Waals surface area contributed by atoms with E-state index in [0.717, 1.165) is 17.3 Å². The Bertz CT molecular complexity index is 1070. The lowest BCUT2D eigenvalue weighted by molar-refractivity contribution is 0.288.